The lowest BCUT2D eigenvalue weighted by molar-refractivity contribution is 0.186. The van der Waals surface area contributed by atoms with Crippen LogP contribution < -0.4 is 10.2 Å². The van der Waals surface area contributed by atoms with Crippen molar-refractivity contribution in [3.63, 3.8) is 0 Å². The zero-order valence-corrected chi connectivity index (χ0v) is 10.1. The monoisotopic (exact) mass is 240 g/mol. The van der Waals surface area contributed by atoms with Gasteiger partial charge < -0.3 is 14.4 Å². The fourth-order valence-electron chi connectivity index (χ4n) is 2.05. The van der Waals surface area contributed by atoms with Gasteiger partial charge in [-0.1, -0.05) is 18.5 Å². The van der Waals surface area contributed by atoms with Crippen LogP contribution in [0.2, 0.25) is 5.02 Å². The average molecular weight is 240 g/mol. The molecule has 0 aliphatic carbocycles. The summed E-state index contributed by atoms with van der Waals surface area (Å²) in [5.74, 6) is 0.658. The summed E-state index contributed by atoms with van der Waals surface area (Å²) < 4.78 is 10.9. The molecule has 1 aromatic rings. The van der Waals surface area contributed by atoms with Crippen molar-refractivity contribution >= 4 is 24.2 Å². The number of benzene rings is 1. The van der Waals surface area contributed by atoms with Crippen LogP contribution in [0, 0.1) is 0 Å². The lowest BCUT2D eigenvalue weighted by atomic mass is 9.78. The Labute approximate surface area is 100 Å². The van der Waals surface area contributed by atoms with Crippen molar-refractivity contribution in [2.24, 2.45) is 0 Å². The highest BCUT2D eigenvalue weighted by Crippen LogP contribution is 2.35. The highest BCUT2D eigenvalue weighted by molar-refractivity contribution is 6.63. The van der Waals surface area contributed by atoms with Crippen molar-refractivity contribution in [3.8, 4) is 5.75 Å². The minimum atomic E-state index is -0.930. The Morgan fingerprint density at radius 3 is 2.88 bits per heavy atom. The van der Waals surface area contributed by atoms with Crippen molar-refractivity contribution in [2.45, 2.75) is 26.4 Å². The van der Waals surface area contributed by atoms with Gasteiger partial charge in [0.25, 0.3) is 0 Å². The summed E-state index contributed by atoms with van der Waals surface area (Å²) in [4.78, 5) is 0. The Bertz CT molecular complexity index is 397. The molecule has 1 aliphatic heterocycles. The molecule has 1 aliphatic rings. The first-order valence-corrected chi connectivity index (χ1v) is 5.85. The highest BCUT2D eigenvalue weighted by Gasteiger charge is 2.38. The summed E-state index contributed by atoms with van der Waals surface area (Å²) in [7, 11) is -0.930. The average Bonchev–Trinajstić information content (AvgIpc) is 2.61. The number of hydrogen-bond donors (Lipinski definition) is 1. The van der Waals surface area contributed by atoms with Crippen molar-refractivity contribution in [3.05, 3.63) is 22.7 Å². The maximum atomic E-state index is 9.85. The Balaban J connectivity index is 2.52. The second kappa shape index (κ2) is 4.66. The van der Waals surface area contributed by atoms with Crippen LogP contribution in [0.25, 0.3) is 0 Å². The smallest absolute Gasteiger partial charge is 0.494 e. The first-order chi connectivity index (χ1) is 7.69. The van der Waals surface area contributed by atoms with Gasteiger partial charge in [-0.15, -0.1) is 0 Å². The molecule has 0 bridgehead atoms. The molecule has 86 valence electrons. The first kappa shape index (κ1) is 11.8. The largest absolute Gasteiger partial charge is 0.495 e. The molecule has 0 aromatic heterocycles. The van der Waals surface area contributed by atoms with Crippen LogP contribution in [-0.4, -0.2) is 18.7 Å². The quantitative estimate of drug-likeness (QED) is 0.820. The molecule has 1 N–H and O–H groups in total. The third kappa shape index (κ3) is 1.81. The molecule has 0 saturated heterocycles. The number of rotatable bonds is 3. The normalized spacial score (nSPS) is 18.8. The number of hydrogen-bond acceptors (Lipinski definition) is 3. The molecule has 0 saturated carbocycles. The number of ether oxygens (including phenoxy) is 1. The minimum absolute atomic E-state index is 0.141. The third-order valence-corrected chi connectivity index (χ3v) is 3.06. The van der Waals surface area contributed by atoms with E-state index < -0.39 is 7.12 Å². The molecule has 1 heterocycles. The molecule has 0 radical (unpaired) electrons. The zero-order valence-electron chi connectivity index (χ0n) is 9.37. The van der Waals surface area contributed by atoms with E-state index in [-0.39, 0.29) is 6.10 Å². The number of fused-ring (bicyclic) bond motifs is 1. The lowest BCUT2D eigenvalue weighted by Gasteiger charge is -2.12. The van der Waals surface area contributed by atoms with Gasteiger partial charge >= 0.3 is 7.12 Å². The van der Waals surface area contributed by atoms with Crippen LogP contribution in [-0.2, 0) is 4.65 Å². The first-order valence-electron chi connectivity index (χ1n) is 5.47. The van der Waals surface area contributed by atoms with Crippen molar-refractivity contribution in [2.75, 3.05) is 6.61 Å². The third-order valence-electron chi connectivity index (χ3n) is 2.73. The molecule has 16 heavy (non-hydrogen) atoms. The van der Waals surface area contributed by atoms with Gasteiger partial charge in [0, 0.05) is 16.0 Å². The Morgan fingerprint density at radius 2 is 2.25 bits per heavy atom. The Kier molecular flexibility index (Phi) is 3.43. The van der Waals surface area contributed by atoms with Crippen LogP contribution in [0.15, 0.2) is 12.1 Å². The van der Waals surface area contributed by atoms with E-state index >= 15 is 0 Å². The van der Waals surface area contributed by atoms with Gasteiger partial charge in [0.2, 0.25) is 0 Å². The van der Waals surface area contributed by atoms with Gasteiger partial charge in [0.05, 0.1) is 12.7 Å². The SMILES string of the molecule is CCOc1ccc(Cl)c2c1B(O)O[C@@H]2CC. The summed E-state index contributed by atoms with van der Waals surface area (Å²) in [5.41, 5.74) is 1.55. The topological polar surface area (TPSA) is 38.7 Å². The minimum Gasteiger partial charge on any atom is -0.494 e. The molecule has 1 aromatic carbocycles. The van der Waals surface area contributed by atoms with Gasteiger partial charge in [-0.05, 0) is 25.5 Å². The highest BCUT2D eigenvalue weighted by atomic mass is 35.5. The van der Waals surface area contributed by atoms with E-state index in [2.05, 4.69) is 0 Å². The van der Waals surface area contributed by atoms with E-state index in [0.29, 0.717) is 22.8 Å². The van der Waals surface area contributed by atoms with E-state index in [9.17, 15) is 5.02 Å². The maximum Gasteiger partial charge on any atom is 0.495 e. The molecule has 2 rings (SSSR count). The summed E-state index contributed by atoms with van der Waals surface area (Å²) in [6, 6.07) is 3.56. The van der Waals surface area contributed by atoms with Crippen molar-refractivity contribution < 1.29 is 14.4 Å². The van der Waals surface area contributed by atoms with Crippen LogP contribution in [0.1, 0.15) is 31.9 Å². The van der Waals surface area contributed by atoms with E-state index in [1.54, 1.807) is 12.1 Å². The molecular weight excluding hydrogens is 226 g/mol. The molecule has 0 amide bonds. The lowest BCUT2D eigenvalue weighted by Crippen LogP contribution is -2.30. The van der Waals surface area contributed by atoms with Crippen LogP contribution in [0.5, 0.6) is 5.75 Å². The van der Waals surface area contributed by atoms with E-state index in [0.717, 1.165) is 12.0 Å². The van der Waals surface area contributed by atoms with Gasteiger partial charge in [0.1, 0.15) is 5.75 Å². The second-order valence-corrected chi connectivity index (χ2v) is 4.10. The zero-order chi connectivity index (χ0) is 11.7. The van der Waals surface area contributed by atoms with Crippen molar-refractivity contribution in [1.29, 1.82) is 0 Å². The summed E-state index contributed by atoms with van der Waals surface area (Å²) >= 11 is 6.13. The fraction of sp³-hybridized carbons (Fsp3) is 0.455. The molecule has 0 fully saturated rings. The van der Waals surface area contributed by atoms with E-state index in [1.165, 1.54) is 0 Å². The van der Waals surface area contributed by atoms with Crippen LogP contribution >= 0.6 is 11.6 Å². The predicted octanol–water partition coefficient (Wildman–Crippen LogP) is 1.91. The molecule has 3 nitrogen and oxygen atoms in total. The maximum absolute atomic E-state index is 9.85. The second-order valence-electron chi connectivity index (χ2n) is 3.69. The summed E-state index contributed by atoms with van der Waals surface area (Å²) in [6.45, 7) is 4.45. The molecule has 0 spiro atoms. The van der Waals surface area contributed by atoms with E-state index in [1.807, 2.05) is 13.8 Å². The van der Waals surface area contributed by atoms with Gasteiger partial charge in [-0.25, -0.2) is 0 Å². The van der Waals surface area contributed by atoms with Gasteiger partial charge in [-0.3, -0.25) is 0 Å². The van der Waals surface area contributed by atoms with Crippen molar-refractivity contribution in [1.82, 2.24) is 0 Å². The van der Waals surface area contributed by atoms with Gasteiger partial charge in [0.15, 0.2) is 0 Å². The standard InChI is InChI=1S/C11H14BClO3/c1-3-8-10-7(13)5-6-9(15-4-2)11(10)12(14)16-8/h5-6,8,14H,3-4H2,1-2H3/t8-/m1/s1. The fourth-order valence-corrected chi connectivity index (χ4v) is 2.33. The van der Waals surface area contributed by atoms with E-state index in [4.69, 9.17) is 21.0 Å². The van der Waals surface area contributed by atoms with Crippen LogP contribution in [0.3, 0.4) is 0 Å². The number of halogens is 1. The summed E-state index contributed by atoms with van der Waals surface area (Å²) in [6.07, 6.45) is 0.636. The van der Waals surface area contributed by atoms with Crippen LogP contribution in [0.4, 0.5) is 0 Å². The molecular formula is C11H14BClO3. The Morgan fingerprint density at radius 1 is 1.50 bits per heavy atom. The summed E-state index contributed by atoms with van der Waals surface area (Å²) in [5, 5.41) is 10.5. The molecule has 5 heteroatoms. The Hall–Kier alpha value is -0.705. The predicted molar refractivity (Wildman–Crippen MR) is 64.3 cm³/mol. The molecule has 0 unspecified atom stereocenters. The van der Waals surface area contributed by atoms with Gasteiger partial charge in [-0.2, -0.15) is 0 Å². The molecule has 1 atom stereocenters.